The number of imide groups is 1. The van der Waals surface area contributed by atoms with E-state index in [0.717, 1.165) is 22.3 Å². The molecule has 1 saturated heterocycles. The second kappa shape index (κ2) is 8.74. The number of hydrogen-bond acceptors (Lipinski definition) is 5. The van der Waals surface area contributed by atoms with E-state index in [1.54, 1.807) is 6.92 Å². The third-order valence-electron chi connectivity index (χ3n) is 8.60. The summed E-state index contributed by atoms with van der Waals surface area (Å²) < 4.78 is -1.39. The van der Waals surface area contributed by atoms with Crippen LogP contribution in [0.1, 0.15) is 44.2 Å². The third kappa shape index (κ3) is 3.21. The van der Waals surface area contributed by atoms with Gasteiger partial charge in [0.25, 0.3) is 0 Å². The number of unbranched alkanes of at least 4 members (excludes halogenated alkanes) is 1. The number of carbonyl (C=O) groups excluding carboxylic acids is 4. The molecule has 0 radical (unpaired) electrons. The van der Waals surface area contributed by atoms with E-state index in [-0.39, 0.29) is 24.1 Å². The van der Waals surface area contributed by atoms with Gasteiger partial charge in [-0.1, -0.05) is 76.6 Å². The van der Waals surface area contributed by atoms with Crippen LogP contribution in [-0.4, -0.2) is 45.3 Å². The van der Waals surface area contributed by atoms with Gasteiger partial charge in [0.15, 0.2) is 5.78 Å². The van der Waals surface area contributed by atoms with Gasteiger partial charge in [0.2, 0.25) is 17.7 Å². The van der Waals surface area contributed by atoms with Crippen molar-refractivity contribution in [2.24, 2.45) is 28.2 Å². The summed E-state index contributed by atoms with van der Waals surface area (Å²) >= 11 is 3.75. The molecule has 3 aliphatic rings. The fourth-order valence-electron chi connectivity index (χ4n) is 6.85. The first-order valence-corrected chi connectivity index (χ1v) is 13.3. The Morgan fingerprint density at radius 1 is 0.946 bits per heavy atom. The van der Waals surface area contributed by atoms with Crippen molar-refractivity contribution in [3.05, 3.63) is 71.8 Å². The SMILES string of the molecule is CC12C(=O)C(C)(C(c3ccccc3)=C1c1ccccc1)C1(Br)C(=O)N(CCCCC(N)C(N)=O)C(=O)C21. The Labute approximate surface area is 224 Å². The van der Waals surface area contributed by atoms with Crippen molar-refractivity contribution in [1.82, 2.24) is 4.90 Å². The second-order valence-corrected chi connectivity index (χ2v) is 11.8. The van der Waals surface area contributed by atoms with Gasteiger partial charge in [-0.05, 0) is 55.4 Å². The summed E-state index contributed by atoms with van der Waals surface area (Å²) in [5.41, 5.74) is 11.8. The summed E-state index contributed by atoms with van der Waals surface area (Å²) in [6.07, 6.45) is 1.40. The van der Waals surface area contributed by atoms with E-state index in [9.17, 15) is 19.2 Å². The lowest BCUT2D eigenvalue weighted by Gasteiger charge is -2.41. The number of ketones is 1. The Morgan fingerprint density at radius 2 is 1.49 bits per heavy atom. The highest BCUT2D eigenvalue weighted by Crippen LogP contribution is 2.77. The monoisotopic (exact) mass is 563 g/mol. The molecule has 2 aromatic carbocycles. The molecule has 2 fully saturated rings. The number of amides is 3. The van der Waals surface area contributed by atoms with Crippen LogP contribution in [-0.2, 0) is 19.2 Å². The molecule has 37 heavy (non-hydrogen) atoms. The number of nitrogens with zero attached hydrogens (tertiary/aromatic N) is 1. The molecule has 5 rings (SSSR count). The lowest BCUT2D eigenvalue weighted by Crippen LogP contribution is -2.50. The lowest BCUT2D eigenvalue weighted by molar-refractivity contribution is -0.144. The number of carbonyl (C=O) groups is 4. The molecule has 4 N–H and O–H groups in total. The van der Waals surface area contributed by atoms with Crippen molar-refractivity contribution in [3.8, 4) is 0 Å². The first-order valence-electron chi connectivity index (χ1n) is 12.5. The van der Waals surface area contributed by atoms with Gasteiger partial charge in [0.05, 0.1) is 22.8 Å². The summed E-state index contributed by atoms with van der Waals surface area (Å²) in [4.78, 5) is 54.9. The van der Waals surface area contributed by atoms with Crippen LogP contribution < -0.4 is 11.5 Å². The van der Waals surface area contributed by atoms with Crippen LogP contribution in [0, 0.1) is 16.7 Å². The zero-order chi connectivity index (χ0) is 26.8. The maximum absolute atomic E-state index is 14.3. The van der Waals surface area contributed by atoms with Gasteiger partial charge < -0.3 is 11.5 Å². The average molecular weight is 564 g/mol. The van der Waals surface area contributed by atoms with Gasteiger partial charge in [-0.25, -0.2) is 0 Å². The Hall–Kier alpha value is -3.10. The molecule has 2 bridgehead atoms. The van der Waals surface area contributed by atoms with Crippen molar-refractivity contribution >= 4 is 50.6 Å². The van der Waals surface area contributed by atoms with E-state index in [0.29, 0.717) is 19.3 Å². The molecule has 1 aliphatic heterocycles. The molecule has 2 aromatic rings. The standard InChI is InChI=1S/C29H30BrN3O4/c1-27-20(17-11-5-3-6-12-17)21(18-13-7-4-8-14-18)28(2,25(27)36)29(30)22(27)24(35)33(26(29)37)16-10-9-15-19(31)23(32)34/h3-8,11-14,19,22H,9-10,15-16,31H2,1-2H3,(H2,32,34). The van der Waals surface area contributed by atoms with Crippen LogP contribution in [0.25, 0.3) is 11.1 Å². The highest BCUT2D eigenvalue weighted by molar-refractivity contribution is 9.10. The molecule has 2 aliphatic carbocycles. The van der Waals surface area contributed by atoms with Crippen LogP contribution in [0.5, 0.6) is 0 Å². The number of nitrogens with two attached hydrogens (primary N) is 2. The highest BCUT2D eigenvalue weighted by Gasteiger charge is 2.85. The molecule has 0 aromatic heterocycles. The molecule has 7 nitrogen and oxygen atoms in total. The van der Waals surface area contributed by atoms with Crippen molar-refractivity contribution in [2.75, 3.05) is 6.54 Å². The van der Waals surface area contributed by atoms with Crippen LogP contribution in [0.3, 0.4) is 0 Å². The van der Waals surface area contributed by atoms with Crippen molar-refractivity contribution in [1.29, 1.82) is 0 Å². The Bertz CT molecular complexity index is 1340. The summed E-state index contributed by atoms with van der Waals surface area (Å²) in [5, 5.41) is 0. The molecule has 5 unspecified atom stereocenters. The van der Waals surface area contributed by atoms with Crippen molar-refractivity contribution < 1.29 is 19.2 Å². The number of halogens is 1. The van der Waals surface area contributed by atoms with Gasteiger partial charge >= 0.3 is 0 Å². The van der Waals surface area contributed by atoms with Crippen LogP contribution in [0.4, 0.5) is 0 Å². The van der Waals surface area contributed by atoms with Gasteiger partial charge in [-0.2, -0.15) is 0 Å². The van der Waals surface area contributed by atoms with Crippen LogP contribution in [0.2, 0.25) is 0 Å². The van der Waals surface area contributed by atoms with E-state index in [4.69, 9.17) is 11.5 Å². The minimum Gasteiger partial charge on any atom is -0.368 e. The van der Waals surface area contributed by atoms with Gasteiger partial charge in [0.1, 0.15) is 4.32 Å². The van der Waals surface area contributed by atoms with E-state index in [1.165, 1.54) is 4.90 Å². The number of likely N-dealkylation sites (tertiary alicyclic amines) is 1. The van der Waals surface area contributed by atoms with E-state index in [1.807, 2.05) is 67.6 Å². The molecule has 8 heteroatoms. The van der Waals surface area contributed by atoms with Gasteiger partial charge in [0, 0.05) is 6.54 Å². The zero-order valence-electron chi connectivity index (χ0n) is 20.9. The Kier molecular flexibility index (Phi) is 6.03. The maximum atomic E-state index is 14.3. The van der Waals surface area contributed by atoms with Crippen molar-refractivity contribution in [3.63, 3.8) is 0 Å². The zero-order valence-corrected chi connectivity index (χ0v) is 22.5. The minimum absolute atomic E-state index is 0.117. The largest absolute Gasteiger partial charge is 0.368 e. The number of allylic oxidation sites excluding steroid dienone is 2. The number of primary amides is 1. The summed E-state index contributed by atoms with van der Waals surface area (Å²) in [7, 11) is 0. The number of Topliss-reactive ketones (excluding diaryl/α,β-unsaturated/α-hetero) is 1. The van der Waals surface area contributed by atoms with E-state index in [2.05, 4.69) is 15.9 Å². The normalized spacial score (nSPS) is 31.3. The maximum Gasteiger partial charge on any atom is 0.248 e. The van der Waals surface area contributed by atoms with Crippen LogP contribution in [0.15, 0.2) is 60.7 Å². The fourth-order valence-corrected chi connectivity index (χ4v) is 8.09. The van der Waals surface area contributed by atoms with Crippen molar-refractivity contribution in [2.45, 2.75) is 43.5 Å². The molecule has 1 heterocycles. The number of alkyl halides is 1. The minimum atomic E-state index is -1.39. The fraction of sp³-hybridized carbons (Fsp3) is 0.379. The summed E-state index contributed by atoms with van der Waals surface area (Å²) in [6, 6.07) is 18.5. The summed E-state index contributed by atoms with van der Waals surface area (Å²) in [6.45, 7) is 3.82. The molecule has 192 valence electrons. The molecular weight excluding hydrogens is 534 g/mol. The third-order valence-corrected chi connectivity index (χ3v) is 10.2. The molecule has 0 spiro atoms. The smallest absolute Gasteiger partial charge is 0.248 e. The number of benzene rings is 2. The molecule has 5 atom stereocenters. The Morgan fingerprint density at radius 3 is 2.03 bits per heavy atom. The van der Waals surface area contributed by atoms with Gasteiger partial charge in [-0.15, -0.1) is 0 Å². The van der Waals surface area contributed by atoms with Gasteiger partial charge in [-0.3, -0.25) is 24.1 Å². The van der Waals surface area contributed by atoms with Crippen LogP contribution >= 0.6 is 15.9 Å². The molecular formula is C29H30BrN3O4. The average Bonchev–Trinajstić information content (AvgIpc) is 3.27. The predicted octanol–water partition coefficient (Wildman–Crippen LogP) is 3.31. The molecule has 3 amide bonds. The summed E-state index contributed by atoms with van der Waals surface area (Å²) in [5.74, 6) is -2.30. The first kappa shape index (κ1) is 25.5. The predicted molar refractivity (Wildman–Crippen MR) is 144 cm³/mol. The lowest BCUT2D eigenvalue weighted by atomic mass is 9.63. The highest BCUT2D eigenvalue weighted by atomic mass is 79.9. The molecule has 1 saturated carbocycles. The second-order valence-electron chi connectivity index (χ2n) is 10.6. The van der Waals surface area contributed by atoms with E-state index >= 15 is 0 Å². The Balaban J connectivity index is 1.60. The van der Waals surface area contributed by atoms with E-state index < -0.39 is 33.0 Å². The number of hydrogen-bond donors (Lipinski definition) is 2. The topological polar surface area (TPSA) is 124 Å². The number of fused-ring (bicyclic) bond motifs is 5. The number of rotatable bonds is 8. The first-order chi connectivity index (χ1) is 17.5. The quantitative estimate of drug-likeness (QED) is 0.289.